The smallest absolute Gasteiger partial charge is 0.329 e. The van der Waals surface area contributed by atoms with Crippen molar-refractivity contribution < 1.29 is 96.0 Å². The second-order valence-electron chi connectivity index (χ2n) is 28.3. The van der Waals surface area contributed by atoms with Crippen molar-refractivity contribution in [1.82, 2.24) is 30.1 Å². The Kier molecular flexibility index (Phi) is 30.5. The number of cyclic esters (lactones) is 1. The van der Waals surface area contributed by atoms with E-state index in [0.29, 0.717) is 108 Å². The van der Waals surface area contributed by atoms with Gasteiger partial charge in [0.05, 0.1) is 94.5 Å². The Labute approximate surface area is 598 Å². The Balaban J connectivity index is 0.818. The molecular formula is C75H107N7O20. The molecular weight excluding hydrogens is 1320 g/mol. The van der Waals surface area contributed by atoms with Crippen molar-refractivity contribution in [3.8, 4) is 0 Å². The van der Waals surface area contributed by atoms with Crippen LogP contribution >= 0.6 is 0 Å². The number of nitrogens with one attached hydrogen (secondary N) is 2. The summed E-state index contributed by atoms with van der Waals surface area (Å²) in [6, 6.07) is 2.62. The summed E-state index contributed by atoms with van der Waals surface area (Å²) >= 11 is 0. The molecule has 102 heavy (non-hydrogen) atoms. The van der Waals surface area contributed by atoms with E-state index in [2.05, 4.69) is 20.9 Å². The fourth-order valence-corrected chi connectivity index (χ4v) is 14.6. The molecule has 2 unspecified atom stereocenters. The van der Waals surface area contributed by atoms with Gasteiger partial charge in [0.2, 0.25) is 17.6 Å². The predicted molar refractivity (Wildman–Crippen MR) is 372 cm³/mol. The largest absolute Gasteiger partial charge is 0.460 e. The Bertz CT molecular complexity index is 3370. The van der Waals surface area contributed by atoms with E-state index in [1.54, 1.807) is 64.1 Å². The maximum atomic E-state index is 14.7. The fraction of sp³-hybridized carbons (Fsp3) is 0.667. The lowest BCUT2D eigenvalue weighted by molar-refractivity contribution is -0.265. The molecule has 3 saturated heterocycles. The van der Waals surface area contributed by atoms with E-state index >= 15 is 0 Å². The summed E-state index contributed by atoms with van der Waals surface area (Å²) in [6.07, 6.45) is 13.1. The van der Waals surface area contributed by atoms with Crippen molar-refractivity contribution in [2.75, 3.05) is 79.4 Å². The third-order valence-electron chi connectivity index (χ3n) is 20.7. The SMILES string of the molecule is COC1C(=O)[C@H](C)C[C@H](C)/C=C/C=C/C=C(\C)[C@@H](OC)C[C@@H]2CC[C@@H](C)[C@@](O)(O2)C(=O)C(=O)N2CCCC[C@H]2C(=O)O[C@H]([C@H](C)C[C@@H]2CC[C@@H](OCCOCc3cn(CCOCCOCCNc4cccc5c4C(=O)N(C4CCC(=O)NC4=O)C5=O)nn3)[C@H](OC)C2)CC(=O)[C@H](C)/C=C(\C)[C@H]1O. The zero-order valence-corrected chi connectivity index (χ0v) is 60.9. The molecule has 1 aromatic heterocycles. The Morgan fingerprint density at radius 2 is 1.54 bits per heavy atom. The molecule has 4 N–H and O–H groups in total. The maximum absolute atomic E-state index is 14.7. The number of hydrogen-bond acceptors (Lipinski definition) is 23. The summed E-state index contributed by atoms with van der Waals surface area (Å²) in [5.41, 5.74) is 2.65. The van der Waals surface area contributed by atoms with E-state index in [4.69, 9.17) is 42.6 Å². The van der Waals surface area contributed by atoms with Crippen molar-refractivity contribution in [1.29, 1.82) is 0 Å². The highest BCUT2D eigenvalue weighted by atomic mass is 16.6. The van der Waals surface area contributed by atoms with Gasteiger partial charge in [-0.2, -0.15) is 0 Å². The number of carbonyl (C=O) groups excluding carboxylic acids is 9. The first-order chi connectivity index (χ1) is 48.9. The second kappa shape index (κ2) is 38.6. The number of hydrogen-bond donors (Lipinski definition) is 4. The Morgan fingerprint density at radius 1 is 0.775 bits per heavy atom. The molecule has 1 saturated carbocycles. The minimum absolute atomic E-state index is 0.0115. The normalized spacial score (nSPS) is 32.2. The number of imide groups is 2. The number of aromatic nitrogens is 3. The summed E-state index contributed by atoms with van der Waals surface area (Å²) in [5, 5.41) is 37.5. The molecule has 4 fully saturated rings. The minimum atomic E-state index is -2.47. The Hall–Kier alpha value is -7.05. The van der Waals surface area contributed by atoms with Crippen molar-refractivity contribution in [3.05, 3.63) is 88.8 Å². The van der Waals surface area contributed by atoms with Gasteiger partial charge < -0.3 is 63.1 Å². The monoisotopic (exact) mass is 1430 g/mol. The number of ketones is 3. The van der Waals surface area contributed by atoms with Gasteiger partial charge in [0.25, 0.3) is 23.5 Å². The summed E-state index contributed by atoms with van der Waals surface area (Å²) in [6.45, 7) is 15.5. The third-order valence-corrected chi connectivity index (χ3v) is 20.7. The number of amides is 5. The van der Waals surface area contributed by atoms with E-state index in [0.717, 1.165) is 16.9 Å². The van der Waals surface area contributed by atoms with Gasteiger partial charge in [0.1, 0.15) is 41.9 Å². The molecule has 1 aromatic carbocycles. The van der Waals surface area contributed by atoms with Gasteiger partial charge in [-0.3, -0.25) is 48.6 Å². The summed E-state index contributed by atoms with van der Waals surface area (Å²) < 4.78 is 55.5. The number of ether oxygens (including phenoxy) is 9. The number of fused-ring (bicyclic) bond motifs is 4. The molecule has 1 aliphatic carbocycles. The van der Waals surface area contributed by atoms with Crippen molar-refractivity contribution in [2.24, 2.45) is 35.5 Å². The Morgan fingerprint density at radius 3 is 2.28 bits per heavy atom. The third kappa shape index (κ3) is 21.1. The summed E-state index contributed by atoms with van der Waals surface area (Å²) in [7, 11) is 4.58. The van der Waals surface area contributed by atoms with E-state index in [9.17, 15) is 53.4 Å². The molecule has 5 amide bonds. The van der Waals surface area contributed by atoms with Crippen LogP contribution in [-0.2, 0) is 89.3 Å². The number of Topliss-reactive ketones (excluding diaryl/α,β-unsaturated/α-hetero) is 3. The molecule has 5 aliphatic heterocycles. The molecule has 562 valence electrons. The number of benzene rings is 1. The molecule has 2 bridgehead atoms. The van der Waals surface area contributed by atoms with Gasteiger partial charge in [-0.05, 0) is 126 Å². The molecule has 27 nitrogen and oxygen atoms in total. The van der Waals surface area contributed by atoms with Gasteiger partial charge in [-0.25, -0.2) is 9.48 Å². The minimum Gasteiger partial charge on any atom is -0.460 e. The molecule has 0 spiro atoms. The van der Waals surface area contributed by atoms with E-state index < -0.39 is 113 Å². The maximum Gasteiger partial charge on any atom is 0.329 e. The molecule has 6 heterocycles. The van der Waals surface area contributed by atoms with Gasteiger partial charge >= 0.3 is 5.97 Å². The van der Waals surface area contributed by atoms with Crippen LogP contribution < -0.4 is 10.6 Å². The van der Waals surface area contributed by atoms with Gasteiger partial charge in [-0.15, -0.1) is 5.10 Å². The number of carbonyl (C=O) groups is 9. The number of anilines is 1. The van der Waals surface area contributed by atoms with Crippen molar-refractivity contribution in [2.45, 2.75) is 212 Å². The van der Waals surface area contributed by atoms with Gasteiger partial charge in [0, 0.05) is 77.1 Å². The predicted octanol–water partition coefficient (Wildman–Crippen LogP) is 6.56. The van der Waals surface area contributed by atoms with Crippen molar-refractivity contribution >= 4 is 58.5 Å². The first-order valence-electron chi connectivity index (χ1n) is 36.2. The lowest BCUT2D eigenvalue weighted by Gasteiger charge is -2.42. The topological polar surface area (TPSA) is 338 Å². The van der Waals surface area contributed by atoms with Crippen LogP contribution in [0.25, 0.3) is 0 Å². The number of esters is 1. The highest BCUT2D eigenvalue weighted by Gasteiger charge is 2.53. The highest BCUT2D eigenvalue weighted by Crippen LogP contribution is 2.39. The van der Waals surface area contributed by atoms with E-state index in [-0.39, 0.29) is 105 Å². The molecule has 2 aromatic rings. The second-order valence-corrected chi connectivity index (χ2v) is 28.3. The van der Waals surface area contributed by atoms with Crippen molar-refractivity contribution in [3.63, 3.8) is 0 Å². The van der Waals surface area contributed by atoms with E-state index in [1.807, 2.05) is 58.1 Å². The summed E-state index contributed by atoms with van der Waals surface area (Å²) in [4.78, 5) is 125. The zero-order valence-electron chi connectivity index (χ0n) is 60.9. The first kappa shape index (κ1) is 80.6. The zero-order chi connectivity index (χ0) is 73.8. The quantitative estimate of drug-likeness (QED) is 0.0301. The first-order valence-corrected chi connectivity index (χ1v) is 36.2. The van der Waals surface area contributed by atoms with Crippen LogP contribution in [0.3, 0.4) is 0 Å². The average Bonchev–Trinajstić information content (AvgIpc) is 1.55. The van der Waals surface area contributed by atoms with Gasteiger partial charge in [0.15, 0.2) is 5.78 Å². The number of methoxy groups -OCH3 is 3. The van der Waals surface area contributed by atoms with Crippen LogP contribution in [0.4, 0.5) is 5.69 Å². The highest BCUT2D eigenvalue weighted by molar-refractivity contribution is 6.39. The molecule has 27 heteroatoms. The molecule has 8 rings (SSSR count). The average molecular weight is 1430 g/mol. The number of nitrogens with zero attached hydrogens (tertiary/aromatic N) is 5. The molecule has 16 atom stereocenters. The molecule has 0 radical (unpaired) electrons. The van der Waals surface area contributed by atoms with Crippen LogP contribution in [0.1, 0.15) is 165 Å². The number of piperidine rings is 2. The lowest BCUT2D eigenvalue weighted by Crippen LogP contribution is -2.61. The number of rotatable bonds is 23. The lowest BCUT2D eigenvalue weighted by atomic mass is 9.78. The standard InChI is InChI=1S/C75H107N7O20/c1-45-17-12-11-13-18-46(2)61(94-8)41-54-24-22-51(7)75(93,102-54)69(87)73(91)81-29-15-14-21-58(81)74(92)101-62(42-59(83)47(3)38-50(6)67(86)68(96-10)66(85)49(5)37-45)48(4)39-52-23-26-60(63(40-52)95-9)100-36-35-99-44-53-43-80(79-78-53)30-32-98-34-33-97-31-28-76-56-20-16-19-55-65(56)72(90)82(71(55)89)57-25-27-64(84)77-70(57)88/h11-13,16-20,38,43,45,47-49,51-52,54,57-58,60-63,67-68,76,86,93H,14-15,21-37,39-42,44H2,1-10H3,(H,77,84,88)/b13-11+,17-12+,46-18+,50-38+/t45-,47-,48-,49-,51-,52+,54+,57?,58+,60-,61+,62+,63-,67-,68?,75-/m1/s1. The molecule has 6 aliphatic rings. The number of aliphatic hydroxyl groups is 2. The number of aliphatic hydroxyl groups excluding tert-OH is 1. The van der Waals surface area contributed by atoms with Gasteiger partial charge in [-0.1, -0.05) is 82.4 Å². The fourth-order valence-electron chi connectivity index (χ4n) is 14.6. The van der Waals surface area contributed by atoms with Crippen LogP contribution in [-0.4, -0.2) is 223 Å². The van der Waals surface area contributed by atoms with Crippen LogP contribution in [0.5, 0.6) is 0 Å². The van der Waals surface area contributed by atoms with E-state index in [1.165, 1.54) is 18.1 Å². The van der Waals surface area contributed by atoms with Crippen LogP contribution in [0, 0.1) is 35.5 Å². The summed E-state index contributed by atoms with van der Waals surface area (Å²) in [5.74, 6) is -10.7. The number of allylic oxidation sites excluding steroid dienone is 6. The van der Waals surface area contributed by atoms with Crippen LogP contribution in [0.15, 0.2) is 72.0 Å². The van der Waals surface area contributed by atoms with Crippen LogP contribution in [0.2, 0.25) is 0 Å².